The Hall–Kier alpha value is -3.18. The van der Waals surface area contributed by atoms with E-state index >= 15 is 0 Å². The van der Waals surface area contributed by atoms with Crippen LogP contribution in [0, 0.1) is 11.3 Å². The van der Waals surface area contributed by atoms with Gasteiger partial charge in [0, 0.05) is 14.1 Å². The van der Waals surface area contributed by atoms with Gasteiger partial charge in [-0.05, 0) is 41.0 Å². The highest BCUT2D eigenvalue weighted by Crippen LogP contribution is 2.25. The first-order valence-electron chi connectivity index (χ1n) is 9.21. The quantitative estimate of drug-likeness (QED) is 0.512. The van der Waals surface area contributed by atoms with Crippen LogP contribution in [-0.2, 0) is 21.4 Å². The first-order valence-corrected chi connectivity index (χ1v) is 11.0. The third-order valence-corrected chi connectivity index (χ3v) is 6.76. The van der Waals surface area contributed by atoms with Gasteiger partial charge in [-0.3, -0.25) is 0 Å². The van der Waals surface area contributed by atoms with Gasteiger partial charge in [-0.1, -0.05) is 54.1 Å². The van der Waals surface area contributed by atoms with Crippen molar-refractivity contribution in [1.29, 1.82) is 5.26 Å². The lowest BCUT2D eigenvalue weighted by molar-refractivity contribution is 0.0472. The maximum atomic E-state index is 12.5. The summed E-state index contributed by atoms with van der Waals surface area (Å²) in [6.45, 7) is -0.0139. The van der Waals surface area contributed by atoms with Crippen LogP contribution in [0.3, 0.4) is 0 Å². The molecule has 158 valence electrons. The Morgan fingerprint density at radius 1 is 1.06 bits per heavy atom. The van der Waals surface area contributed by atoms with Crippen LogP contribution < -0.4 is 0 Å². The highest BCUT2D eigenvalue weighted by atomic mass is 35.5. The lowest BCUT2D eigenvalue weighted by atomic mass is 9.99. The van der Waals surface area contributed by atoms with Gasteiger partial charge in [0.05, 0.1) is 27.1 Å². The predicted molar refractivity (Wildman–Crippen MR) is 118 cm³/mol. The summed E-state index contributed by atoms with van der Waals surface area (Å²) >= 11 is 6.08. The fourth-order valence-electron chi connectivity index (χ4n) is 2.87. The fraction of sp³-hybridized carbons (Fsp3) is 0.130. The molecule has 3 aromatic rings. The number of carbonyl (C=O) groups is 1. The molecule has 0 aliphatic carbocycles. The molecule has 0 bridgehead atoms. The molecule has 31 heavy (non-hydrogen) atoms. The maximum absolute atomic E-state index is 12.5. The van der Waals surface area contributed by atoms with Crippen molar-refractivity contribution in [2.45, 2.75) is 11.5 Å². The number of rotatable bonds is 6. The largest absolute Gasteiger partial charge is 0.457 e. The smallest absolute Gasteiger partial charge is 0.340 e. The number of ether oxygens (including phenoxy) is 1. The molecule has 0 aliphatic rings. The molecule has 0 radical (unpaired) electrons. The number of benzene rings is 3. The van der Waals surface area contributed by atoms with Gasteiger partial charge in [-0.25, -0.2) is 17.5 Å². The third kappa shape index (κ3) is 4.94. The highest BCUT2D eigenvalue weighted by molar-refractivity contribution is 7.89. The molecular weight excluding hydrogens is 436 g/mol. The van der Waals surface area contributed by atoms with E-state index in [4.69, 9.17) is 16.3 Å². The van der Waals surface area contributed by atoms with E-state index in [-0.39, 0.29) is 22.1 Å². The van der Waals surface area contributed by atoms with Gasteiger partial charge in [0.15, 0.2) is 0 Å². The summed E-state index contributed by atoms with van der Waals surface area (Å²) in [4.78, 5) is 12.5. The molecule has 0 aromatic heterocycles. The van der Waals surface area contributed by atoms with Crippen LogP contribution in [-0.4, -0.2) is 32.8 Å². The normalized spacial score (nSPS) is 11.2. The van der Waals surface area contributed by atoms with Gasteiger partial charge in [0.25, 0.3) is 0 Å². The van der Waals surface area contributed by atoms with Crippen molar-refractivity contribution in [1.82, 2.24) is 4.31 Å². The van der Waals surface area contributed by atoms with Crippen molar-refractivity contribution in [3.8, 4) is 17.2 Å². The number of esters is 1. The van der Waals surface area contributed by atoms with E-state index in [1.54, 1.807) is 24.3 Å². The van der Waals surface area contributed by atoms with Crippen LogP contribution in [0.4, 0.5) is 0 Å². The minimum Gasteiger partial charge on any atom is -0.457 e. The van der Waals surface area contributed by atoms with Crippen LogP contribution in [0.1, 0.15) is 21.5 Å². The second kappa shape index (κ2) is 9.31. The molecule has 3 aromatic carbocycles. The number of halogens is 1. The van der Waals surface area contributed by atoms with Gasteiger partial charge in [0.1, 0.15) is 6.61 Å². The Labute approximate surface area is 186 Å². The van der Waals surface area contributed by atoms with Crippen molar-refractivity contribution in [3.05, 3.63) is 88.4 Å². The van der Waals surface area contributed by atoms with Crippen molar-refractivity contribution in [2.24, 2.45) is 0 Å². The Balaban J connectivity index is 1.75. The Kier molecular flexibility index (Phi) is 6.76. The number of nitriles is 1. The molecule has 6 nitrogen and oxygen atoms in total. The molecule has 0 amide bonds. The zero-order chi connectivity index (χ0) is 22.6. The van der Waals surface area contributed by atoms with E-state index in [1.165, 1.54) is 32.3 Å². The van der Waals surface area contributed by atoms with E-state index in [2.05, 4.69) is 6.07 Å². The summed E-state index contributed by atoms with van der Waals surface area (Å²) in [5.74, 6) is -0.722. The van der Waals surface area contributed by atoms with E-state index in [9.17, 15) is 18.5 Å². The average Bonchev–Trinajstić information content (AvgIpc) is 2.77. The zero-order valence-electron chi connectivity index (χ0n) is 16.9. The molecule has 0 aliphatic heterocycles. The number of hydrogen-bond donors (Lipinski definition) is 0. The van der Waals surface area contributed by atoms with Crippen molar-refractivity contribution >= 4 is 27.6 Å². The summed E-state index contributed by atoms with van der Waals surface area (Å²) in [5.41, 5.74) is 2.98. The molecular formula is C23H19ClN2O4S. The minimum atomic E-state index is -3.71. The predicted octanol–water partition coefficient (Wildman–Crippen LogP) is 4.49. The second-order valence-electron chi connectivity index (χ2n) is 6.86. The summed E-state index contributed by atoms with van der Waals surface area (Å²) in [6, 6.07) is 20.6. The number of sulfonamides is 1. The molecule has 0 N–H and O–H groups in total. The van der Waals surface area contributed by atoms with E-state index in [0.29, 0.717) is 5.56 Å². The van der Waals surface area contributed by atoms with Crippen LogP contribution in [0.5, 0.6) is 0 Å². The Bertz CT molecular complexity index is 1260. The Morgan fingerprint density at radius 2 is 1.74 bits per heavy atom. The van der Waals surface area contributed by atoms with Crippen molar-refractivity contribution in [3.63, 3.8) is 0 Å². The standard InChI is InChI=1S/C23H19ClN2O4S/c1-26(2)31(28,29)19-11-12-22(24)21(13-19)23(27)30-15-16-7-9-17(10-8-16)20-6-4-3-5-18(20)14-25/h3-13H,15H2,1-2H3. The highest BCUT2D eigenvalue weighted by Gasteiger charge is 2.21. The van der Waals surface area contributed by atoms with E-state index < -0.39 is 16.0 Å². The number of carbonyl (C=O) groups excluding carboxylic acids is 1. The molecule has 8 heteroatoms. The SMILES string of the molecule is CN(C)S(=O)(=O)c1ccc(Cl)c(C(=O)OCc2ccc(-c3ccccc3C#N)cc2)c1. The molecule has 0 saturated carbocycles. The van der Waals surface area contributed by atoms with Gasteiger partial charge >= 0.3 is 5.97 Å². The van der Waals surface area contributed by atoms with Crippen LogP contribution >= 0.6 is 11.6 Å². The molecule has 3 rings (SSSR count). The molecule has 0 unspecified atom stereocenters. The topological polar surface area (TPSA) is 87.5 Å². The lowest BCUT2D eigenvalue weighted by Crippen LogP contribution is -2.22. The lowest BCUT2D eigenvalue weighted by Gasteiger charge is -2.13. The molecule has 0 heterocycles. The number of nitrogens with zero attached hydrogens (tertiary/aromatic N) is 2. The van der Waals surface area contributed by atoms with Gasteiger partial charge < -0.3 is 4.74 Å². The summed E-state index contributed by atoms with van der Waals surface area (Å²) in [6.07, 6.45) is 0. The third-order valence-electron chi connectivity index (χ3n) is 4.62. The fourth-order valence-corrected chi connectivity index (χ4v) is 3.99. The first-order chi connectivity index (χ1) is 14.7. The van der Waals surface area contributed by atoms with E-state index in [1.807, 2.05) is 24.3 Å². The van der Waals surface area contributed by atoms with Crippen molar-refractivity contribution in [2.75, 3.05) is 14.1 Å². The average molecular weight is 455 g/mol. The monoisotopic (exact) mass is 454 g/mol. The molecule has 0 spiro atoms. The maximum Gasteiger partial charge on any atom is 0.340 e. The van der Waals surface area contributed by atoms with Gasteiger partial charge in [0.2, 0.25) is 10.0 Å². The summed E-state index contributed by atoms with van der Waals surface area (Å²) in [5, 5.41) is 9.35. The van der Waals surface area contributed by atoms with Gasteiger partial charge in [-0.15, -0.1) is 0 Å². The molecule has 0 fully saturated rings. The van der Waals surface area contributed by atoms with Crippen molar-refractivity contribution < 1.29 is 17.9 Å². The van der Waals surface area contributed by atoms with Crippen LogP contribution in [0.15, 0.2) is 71.6 Å². The van der Waals surface area contributed by atoms with Crippen LogP contribution in [0.2, 0.25) is 5.02 Å². The summed E-state index contributed by atoms with van der Waals surface area (Å²) < 4.78 is 31.0. The van der Waals surface area contributed by atoms with Crippen LogP contribution in [0.25, 0.3) is 11.1 Å². The number of hydrogen-bond acceptors (Lipinski definition) is 5. The van der Waals surface area contributed by atoms with Gasteiger partial charge in [-0.2, -0.15) is 5.26 Å². The zero-order valence-corrected chi connectivity index (χ0v) is 18.4. The van der Waals surface area contributed by atoms with E-state index in [0.717, 1.165) is 21.0 Å². The molecule has 0 atom stereocenters. The summed E-state index contributed by atoms with van der Waals surface area (Å²) in [7, 11) is -0.903. The minimum absolute atomic E-state index is 0.0139. The first kappa shape index (κ1) is 22.5. The Morgan fingerprint density at radius 3 is 2.39 bits per heavy atom. The molecule has 0 saturated heterocycles. The second-order valence-corrected chi connectivity index (χ2v) is 9.42.